The van der Waals surface area contributed by atoms with Gasteiger partial charge in [0, 0.05) is 55.2 Å². The van der Waals surface area contributed by atoms with E-state index in [1.54, 1.807) is 0 Å². The summed E-state index contributed by atoms with van der Waals surface area (Å²) in [6, 6.07) is 99.2. The summed E-state index contributed by atoms with van der Waals surface area (Å²) < 4.78 is 0. The van der Waals surface area contributed by atoms with Gasteiger partial charge < -0.3 is 9.80 Å². The van der Waals surface area contributed by atoms with Crippen LogP contribution in [-0.2, 0) is 21.7 Å². The third-order valence-corrected chi connectivity index (χ3v) is 17.5. The Hall–Kier alpha value is -8.72. The zero-order valence-corrected chi connectivity index (χ0v) is 46.3. The Balaban J connectivity index is 1.02. The zero-order chi connectivity index (χ0) is 53.8. The number of nitrogens with zero attached hydrogens (tertiary/aromatic N) is 2. The molecule has 0 aliphatic rings. The van der Waals surface area contributed by atoms with E-state index in [9.17, 15) is 0 Å². The molecule has 12 rings (SSSR count). The number of hydrogen-bond donors (Lipinski definition) is 0. The van der Waals surface area contributed by atoms with Crippen molar-refractivity contribution in [3.8, 4) is 0 Å². The van der Waals surface area contributed by atoms with Crippen LogP contribution in [0.3, 0.4) is 0 Å². The smallest absolute Gasteiger partial charge is 0.0540 e. The van der Waals surface area contributed by atoms with E-state index in [0.29, 0.717) is 0 Å². The van der Waals surface area contributed by atoms with Crippen LogP contribution in [0, 0.1) is 0 Å². The van der Waals surface area contributed by atoms with E-state index in [4.69, 9.17) is 0 Å². The van der Waals surface area contributed by atoms with Crippen molar-refractivity contribution in [2.24, 2.45) is 0 Å². The van der Waals surface area contributed by atoms with Crippen LogP contribution < -0.4 is 9.80 Å². The highest BCUT2D eigenvalue weighted by atomic mass is 15.1. The molecule has 0 aliphatic carbocycles. The third kappa shape index (κ3) is 8.80. The van der Waals surface area contributed by atoms with Crippen LogP contribution in [0.5, 0.6) is 0 Å². The molecule has 0 N–H and O–H groups in total. The Morgan fingerprint density at radius 2 is 0.410 bits per heavy atom. The van der Waals surface area contributed by atoms with Gasteiger partial charge in [-0.25, -0.2) is 0 Å². The monoisotopic (exact) mass is 1010 g/mol. The SMILES string of the molecule is CC(C)(c1ccccc1)c1ccc(N(c2ccc(C(C)(C)c3ccccc3)cc2)c2ccc3ccc4c(N(c5ccc(C(C)(C)c6ccccc6)cc5)c5ccc(C(C)(C)c6ccccc6)cc5)ccc5ccc2c3c54)cc1. The summed E-state index contributed by atoms with van der Waals surface area (Å²) in [5, 5.41) is 7.37. The van der Waals surface area contributed by atoms with E-state index in [0.717, 1.165) is 34.1 Å². The second-order valence-electron chi connectivity index (χ2n) is 23.4. The van der Waals surface area contributed by atoms with Crippen LogP contribution in [0.1, 0.15) is 99.9 Å². The van der Waals surface area contributed by atoms with Crippen molar-refractivity contribution < 1.29 is 0 Å². The van der Waals surface area contributed by atoms with Crippen molar-refractivity contribution in [2.75, 3.05) is 9.80 Å². The average molecular weight is 1010 g/mol. The molecule has 0 heterocycles. The first-order valence-corrected chi connectivity index (χ1v) is 27.7. The van der Waals surface area contributed by atoms with E-state index >= 15 is 0 Å². The molecular weight excluding hydrogens is 941 g/mol. The van der Waals surface area contributed by atoms with Gasteiger partial charge in [-0.15, -0.1) is 0 Å². The molecular formula is C76H68N2. The van der Waals surface area contributed by atoms with Crippen molar-refractivity contribution in [1.29, 1.82) is 0 Å². The molecule has 0 unspecified atom stereocenters. The lowest BCUT2D eigenvalue weighted by Gasteiger charge is -2.32. The van der Waals surface area contributed by atoms with Crippen molar-refractivity contribution in [3.63, 3.8) is 0 Å². The van der Waals surface area contributed by atoms with Crippen LogP contribution in [-0.4, -0.2) is 0 Å². The summed E-state index contributed by atoms with van der Waals surface area (Å²) in [4.78, 5) is 4.93. The lowest BCUT2D eigenvalue weighted by atomic mass is 9.78. The van der Waals surface area contributed by atoms with Crippen molar-refractivity contribution in [3.05, 3.63) is 311 Å². The summed E-state index contributed by atoms with van der Waals surface area (Å²) in [5.74, 6) is 0. The minimum Gasteiger partial charge on any atom is -0.310 e. The Morgan fingerprint density at radius 1 is 0.205 bits per heavy atom. The van der Waals surface area contributed by atoms with Gasteiger partial charge in [0.1, 0.15) is 0 Å². The molecule has 0 aromatic heterocycles. The molecule has 0 spiro atoms. The lowest BCUT2D eigenvalue weighted by Crippen LogP contribution is -2.20. The van der Waals surface area contributed by atoms with Gasteiger partial charge in [-0.2, -0.15) is 0 Å². The van der Waals surface area contributed by atoms with E-state index in [2.05, 4.69) is 332 Å². The second kappa shape index (κ2) is 19.7. The molecule has 12 aromatic carbocycles. The first-order valence-electron chi connectivity index (χ1n) is 27.7. The Labute approximate surface area is 462 Å². The predicted octanol–water partition coefficient (Wildman–Crippen LogP) is 20.8. The second-order valence-corrected chi connectivity index (χ2v) is 23.4. The summed E-state index contributed by atoms with van der Waals surface area (Å²) in [6.45, 7) is 18.6. The Morgan fingerprint density at radius 3 is 0.641 bits per heavy atom. The zero-order valence-electron chi connectivity index (χ0n) is 46.3. The Bertz CT molecular complexity index is 3550. The molecule has 12 aromatic rings. The molecule has 2 heteroatoms. The van der Waals surface area contributed by atoms with Crippen LogP contribution in [0.25, 0.3) is 32.3 Å². The van der Waals surface area contributed by atoms with Crippen LogP contribution in [0.2, 0.25) is 0 Å². The maximum absolute atomic E-state index is 2.47. The molecule has 78 heavy (non-hydrogen) atoms. The first-order chi connectivity index (χ1) is 37.7. The van der Waals surface area contributed by atoms with Gasteiger partial charge in [-0.3, -0.25) is 0 Å². The molecule has 382 valence electrons. The molecule has 0 atom stereocenters. The van der Waals surface area contributed by atoms with Crippen molar-refractivity contribution in [1.82, 2.24) is 0 Å². The van der Waals surface area contributed by atoms with Gasteiger partial charge in [0.2, 0.25) is 0 Å². The normalized spacial score (nSPS) is 12.4. The first kappa shape index (κ1) is 50.1. The van der Waals surface area contributed by atoms with Gasteiger partial charge in [0.15, 0.2) is 0 Å². The van der Waals surface area contributed by atoms with Crippen molar-refractivity contribution >= 4 is 66.4 Å². The van der Waals surface area contributed by atoms with E-state index in [1.807, 2.05) is 0 Å². The quantitative estimate of drug-likeness (QED) is 0.100. The lowest BCUT2D eigenvalue weighted by molar-refractivity contribution is 0.640. The fourth-order valence-corrected chi connectivity index (χ4v) is 12.2. The number of anilines is 6. The van der Waals surface area contributed by atoms with E-state index in [-0.39, 0.29) is 21.7 Å². The number of rotatable bonds is 14. The summed E-state index contributed by atoms with van der Waals surface area (Å²) in [5.41, 5.74) is 16.3. The Kier molecular flexibility index (Phi) is 12.7. The predicted molar refractivity (Wildman–Crippen MR) is 334 cm³/mol. The molecule has 0 fully saturated rings. The number of benzene rings is 12. The molecule has 2 nitrogen and oxygen atoms in total. The topological polar surface area (TPSA) is 6.48 Å². The highest BCUT2D eigenvalue weighted by Gasteiger charge is 2.29. The molecule has 0 aliphatic heterocycles. The molecule has 0 saturated carbocycles. The standard InChI is InChI=1S/C76H68N2/c1-73(2,55-21-13-9-14-22-55)59-33-41-63(42-34-59)77(64-43-35-60(36-44-64)74(3,4)56-23-15-10-16-24-56)69-51-31-53-30-50-68-70(52-32-54-29-49-67(69)71(53)72(54)68)78(65-45-37-61(38-46-65)75(5,6)57-25-17-11-18-26-57)66-47-39-62(40-48-66)76(7,8)58-27-19-12-20-28-58/h9-52H,1-8H3. The largest absolute Gasteiger partial charge is 0.310 e. The van der Waals surface area contributed by atoms with Gasteiger partial charge in [0.05, 0.1) is 11.4 Å². The summed E-state index contributed by atoms with van der Waals surface area (Å²) >= 11 is 0. The van der Waals surface area contributed by atoms with Gasteiger partial charge in [-0.05, 0) is 127 Å². The van der Waals surface area contributed by atoms with Crippen LogP contribution in [0.15, 0.2) is 267 Å². The average Bonchev–Trinajstić information content (AvgIpc) is 3.62. The third-order valence-electron chi connectivity index (χ3n) is 17.5. The highest BCUT2D eigenvalue weighted by molar-refractivity contribution is 6.28. The minimum absolute atomic E-state index is 0.171. The van der Waals surface area contributed by atoms with Crippen LogP contribution >= 0.6 is 0 Å². The molecule has 0 amide bonds. The van der Waals surface area contributed by atoms with E-state index < -0.39 is 0 Å². The van der Waals surface area contributed by atoms with E-state index in [1.165, 1.54) is 76.8 Å². The van der Waals surface area contributed by atoms with Crippen LogP contribution in [0.4, 0.5) is 34.1 Å². The molecule has 0 bridgehead atoms. The highest BCUT2D eigenvalue weighted by Crippen LogP contribution is 2.49. The summed E-state index contributed by atoms with van der Waals surface area (Å²) in [6.07, 6.45) is 0. The molecule has 0 radical (unpaired) electrons. The fraction of sp³-hybridized carbons (Fsp3) is 0.158. The van der Waals surface area contributed by atoms with Gasteiger partial charge in [0.25, 0.3) is 0 Å². The summed E-state index contributed by atoms with van der Waals surface area (Å²) in [7, 11) is 0. The maximum atomic E-state index is 2.47. The maximum Gasteiger partial charge on any atom is 0.0540 e. The number of hydrogen-bond acceptors (Lipinski definition) is 2. The van der Waals surface area contributed by atoms with Crippen molar-refractivity contribution in [2.45, 2.75) is 77.0 Å². The van der Waals surface area contributed by atoms with Gasteiger partial charge in [-0.1, -0.05) is 262 Å². The minimum atomic E-state index is -0.171. The molecule has 0 saturated heterocycles. The fourth-order valence-electron chi connectivity index (χ4n) is 12.2. The van der Waals surface area contributed by atoms with Gasteiger partial charge >= 0.3 is 0 Å².